The first-order chi connectivity index (χ1) is 8.22. The zero-order valence-electron chi connectivity index (χ0n) is 9.90. The average Bonchev–Trinajstić information content (AvgIpc) is 2.32. The molecular formula is C13H18ClN3. The second-order valence-electron chi connectivity index (χ2n) is 5.35. The molecule has 2 heterocycles. The van der Waals surface area contributed by atoms with Crippen LogP contribution >= 0.6 is 11.6 Å². The molecule has 1 aromatic heterocycles. The number of hydrogen-bond acceptors (Lipinski definition) is 3. The number of halogens is 1. The molecule has 1 aliphatic carbocycles. The average molecular weight is 252 g/mol. The molecule has 2 unspecified atom stereocenters. The summed E-state index contributed by atoms with van der Waals surface area (Å²) in [5.74, 6) is 2.53. The van der Waals surface area contributed by atoms with E-state index < -0.39 is 0 Å². The molecule has 4 heteroatoms. The molecule has 17 heavy (non-hydrogen) atoms. The van der Waals surface area contributed by atoms with Crippen molar-refractivity contribution in [1.82, 2.24) is 4.98 Å². The summed E-state index contributed by atoms with van der Waals surface area (Å²) < 4.78 is 0. The molecule has 2 N–H and O–H groups in total. The Balaban J connectivity index is 1.86. The number of piperidine rings is 1. The maximum atomic E-state index is 6.01. The molecule has 2 aliphatic rings. The van der Waals surface area contributed by atoms with Crippen LogP contribution in [-0.4, -0.2) is 18.1 Å². The smallest absolute Gasteiger partial charge is 0.153 e. The monoisotopic (exact) mass is 251 g/mol. The number of pyridine rings is 1. The minimum absolute atomic E-state index is 0.532. The van der Waals surface area contributed by atoms with E-state index in [1.807, 2.05) is 6.07 Å². The van der Waals surface area contributed by atoms with Crippen molar-refractivity contribution < 1.29 is 0 Å². The fourth-order valence-electron chi connectivity index (χ4n) is 3.29. The van der Waals surface area contributed by atoms with Gasteiger partial charge in [0.15, 0.2) is 5.82 Å². The van der Waals surface area contributed by atoms with Crippen molar-refractivity contribution in [2.75, 3.05) is 23.7 Å². The van der Waals surface area contributed by atoms with Crippen LogP contribution in [0.25, 0.3) is 0 Å². The number of fused-ring (bicyclic) bond motifs is 2. The zero-order valence-corrected chi connectivity index (χ0v) is 10.7. The molecule has 0 spiro atoms. The molecule has 0 amide bonds. The maximum Gasteiger partial charge on any atom is 0.153 e. The van der Waals surface area contributed by atoms with E-state index in [-0.39, 0.29) is 0 Å². The van der Waals surface area contributed by atoms with Crippen LogP contribution in [0, 0.1) is 11.8 Å². The van der Waals surface area contributed by atoms with Crippen LogP contribution in [0.3, 0.4) is 0 Å². The Labute approximate surface area is 107 Å². The van der Waals surface area contributed by atoms with E-state index >= 15 is 0 Å². The Morgan fingerprint density at radius 1 is 1.24 bits per heavy atom. The van der Waals surface area contributed by atoms with E-state index in [0.29, 0.717) is 5.15 Å². The predicted molar refractivity (Wildman–Crippen MR) is 71.3 cm³/mol. The van der Waals surface area contributed by atoms with Gasteiger partial charge in [-0.05, 0) is 43.2 Å². The first-order valence-corrected chi connectivity index (χ1v) is 6.77. The molecule has 1 aromatic rings. The summed E-state index contributed by atoms with van der Waals surface area (Å²) in [7, 11) is 0. The van der Waals surface area contributed by atoms with Crippen LogP contribution < -0.4 is 10.6 Å². The molecule has 1 saturated heterocycles. The highest BCUT2D eigenvalue weighted by Gasteiger charge is 2.31. The molecular weight excluding hydrogens is 234 g/mol. The lowest BCUT2D eigenvalue weighted by molar-refractivity contribution is 0.231. The van der Waals surface area contributed by atoms with E-state index in [9.17, 15) is 0 Å². The molecule has 1 saturated carbocycles. The largest absolute Gasteiger partial charge is 0.396 e. The van der Waals surface area contributed by atoms with Crippen LogP contribution in [0.5, 0.6) is 0 Å². The molecule has 2 atom stereocenters. The number of hydrogen-bond donors (Lipinski definition) is 1. The van der Waals surface area contributed by atoms with Gasteiger partial charge in [0, 0.05) is 13.1 Å². The lowest BCUT2D eigenvalue weighted by Gasteiger charge is -2.42. The molecule has 2 fully saturated rings. The molecule has 0 aromatic carbocycles. The minimum Gasteiger partial charge on any atom is -0.396 e. The van der Waals surface area contributed by atoms with Crippen LogP contribution in [0.15, 0.2) is 12.1 Å². The van der Waals surface area contributed by atoms with Gasteiger partial charge in [-0.15, -0.1) is 0 Å². The Morgan fingerprint density at radius 3 is 2.65 bits per heavy atom. The third-order valence-corrected chi connectivity index (χ3v) is 4.23. The number of nitrogens with zero attached hydrogens (tertiary/aromatic N) is 2. The summed E-state index contributed by atoms with van der Waals surface area (Å²) >= 11 is 5.96. The van der Waals surface area contributed by atoms with Gasteiger partial charge in [-0.25, -0.2) is 4.98 Å². The Bertz CT molecular complexity index is 409. The first-order valence-electron chi connectivity index (χ1n) is 6.39. The second kappa shape index (κ2) is 4.37. The SMILES string of the molecule is Nc1ccc(Cl)nc1N1CC2CCCC(C2)C1. The minimum atomic E-state index is 0.532. The topological polar surface area (TPSA) is 42.1 Å². The fraction of sp³-hybridized carbons (Fsp3) is 0.615. The molecule has 0 radical (unpaired) electrons. The van der Waals surface area contributed by atoms with E-state index in [1.54, 1.807) is 6.07 Å². The highest BCUT2D eigenvalue weighted by Crippen LogP contribution is 2.37. The lowest BCUT2D eigenvalue weighted by Crippen LogP contribution is -2.43. The summed E-state index contributed by atoms with van der Waals surface area (Å²) in [5, 5.41) is 0.532. The number of nitrogen functional groups attached to an aromatic ring is 1. The van der Waals surface area contributed by atoms with Crippen molar-refractivity contribution in [1.29, 1.82) is 0 Å². The van der Waals surface area contributed by atoms with Crippen molar-refractivity contribution in [2.24, 2.45) is 11.8 Å². The van der Waals surface area contributed by atoms with Crippen molar-refractivity contribution in [2.45, 2.75) is 25.7 Å². The molecule has 3 nitrogen and oxygen atoms in total. The number of nitrogens with two attached hydrogens (primary N) is 1. The summed E-state index contributed by atoms with van der Waals surface area (Å²) in [6.45, 7) is 2.18. The van der Waals surface area contributed by atoms with Gasteiger partial charge in [-0.3, -0.25) is 0 Å². The normalized spacial score (nSPS) is 28.2. The lowest BCUT2D eigenvalue weighted by atomic mass is 9.78. The highest BCUT2D eigenvalue weighted by molar-refractivity contribution is 6.29. The number of aromatic nitrogens is 1. The van der Waals surface area contributed by atoms with Gasteiger partial charge in [0.1, 0.15) is 5.15 Å². The van der Waals surface area contributed by atoms with Crippen LogP contribution in [0.2, 0.25) is 5.15 Å². The Kier molecular flexibility index (Phi) is 2.87. The van der Waals surface area contributed by atoms with Gasteiger partial charge in [0.25, 0.3) is 0 Å². The van der Waals surface area contributed by atoms with E-state index in [2.05, 4.69) is 9.88 Å². The van der Waals surface area contributed by atoms with Crippen molar-refractivity contribution in [3.8, 4) is 0 Å². The molecule has 2 bridgehead atoms. The standard InChI is InChI=1S/C13H18ClN3/c14-12-5-4-11(15)13(16-12)17-7-9-2-1-3-10(6-9)8-17/h4-5,9-10H,1-3,6-8,15H2. The fourth-order valence-corrected chi connectivity index (χ4v) is 3.44. The van der Waals surface area contributed by atoms with Gasteiger partial charge in [0.05, 0.1) is 5.69 Å². The van der Waals surface area contributed by atoms with Crippen molar-refractivity contribution in [3.05, 3.63) is 17.3 Å². The van der Waals surface area contributed by atoms with Gasteiger partial charge in [-0.1, -0.05) is 18.0 Å². The number of rotatable bonds is 1. The molecule has 1 aliphatic heterocycles. The summed E-state index contributed by atoms with van der Waals surface area (Å²) in [6, 6.07) is 3.61. The Hall–Kier alpha value is -0.960. The third-order valence-electron chi connectivity index (χ3n) is 4.02. The zero-order chi connectivity index (χ0) is 11.8. The van der Waals surface area contributed by atoms with E-state index in [0.717, 1.165) is 36.4 Å². The summed E-state index contributed by atoms with van der Waals surface area (Å²) in [6.07, 6.45) is 5.49. The van der Waals surface area contributed by atoms with Gasteiger partial charge in [0.2, 0.25) is 0 Å². The summed E-state index contributed by atoms with van der Waals surface area (Å²) in [5.41, 5.74) is 6.75. The predicted octanol–water partition coefficient (Wildman–Crippen LogP) is 2.94. The third kappa shape index (κ3) is 2.21. The van der Waals surface area contributed by atoms with Crippen molar-refractivity contribution in [3.63, 3.8) is 0 Å². The van der Waals surface area contributed by atoms with Gasteiger partial charge in [-0.2, -0.15) is 0 Å². The Morgan fingerprint density at radius 2 is 1.94 bits per heavy atom. The van der Waals surface area contributed by atoms with Crippen LogP contribution in [-0.2, 0) is 0 Å². The van der Waals surface area contributed by atoms with E-state index in [4.69, 9.17) is 17.3 Å². The van der Waals surface area contributed by atoms with E-state index in [1.165, 1.54) is 25.7 Å². The molecule has 3 rings (SSSR count). The van der Waals surface area contributed by atoms with Gasteiger partial charge < -0.3 is 10.6 Å². The highest BCUT2D eigenvalue weighted by atomic mass is 35.5. The first kappa shape index (κ1) is 11.1. The maximum absolute atomic E-state index is 6.01. The molecule has 92 valence electrons. The van der Waals surface area contributed by atoms with Crippen LogP contribution in [0.1, 0.15) is 25.7 Å². The quantitative estimate of drug-likeness (QED) is 0.781. The van der Waals surface area contributed by atoms with Gasteiger partial charge >= 0.3 is 0 Å². The second-order valence-corrected chi connectivity index (χ2v) is 5.74. The van der Waals surface area contributed by atoms with Crippen molar-refractivity contribution >= 4 is 23.1 Å². The number of anilines is 2. The summed E-state index contributed by atoms with van der Waals surface area (Å²) in [4.78, 5) is 6.72. The van der Waals surface area contributed by atoms with Crippen LogP contribution in [0.4, 0.5) is 11.5 Å².